The third-order valence-electron chi connectivity index (χ3n) is 2.51. The first-order valence-electron chi connectivity index (χ1n) is 5.22. The summed E-state index contributed by atoms with van der Waals surface area (Å²) in [4.78, 5) is 21.6. The van der Waals surface area contributed by atoms with Crippen molar-refractivity contribution in [3.05, 3.63) is 23.3 Å². The van der Waals surface area contributed by atoms with Gasteiger partial charge in [0, 0.05) is 11.6 Å². The zero-order valence-corrected chi connectivity index (χ0v) is 10.2. The number of carbonyl (C=O) groups excluding carboxylic acids is 1. The van der Waals surface area contributed by atoms with Crippen LogP contribution in [0.15, 0.2) is 12.1 Å². The van der Waals surface area contributed by atoms with Crippen LogP contribution in [0.25, 0.3) is 0 Å². The van der Waals surface area contributed by atoms with Gasteiger partial charge >= 0.3 is 5.97 Å². The van der Waals surface area contributed by atoms with Crippen LogP contribution in [0.5, 0.6) is 11.5 Å². The van der Waals surface area contributed by atoms with Crippen LogP contribution in [0.4, 0.5) is 0 Å². The lowest BCUT2D eigenvalue weighted by molar-refractivity contribution is -0.137. The molecule has 0 saturated carbocycles. The van der Waals surface area contributed by atoms with Crippen molar-refractivity contribution < 1.29 is 24.2 Å². The van der Waals surface area contributed by atoms with Gasteiger partial charge in [-0.1, -0.05) is 0 Å². The second kappa shape index (κ2) is 6.02. The van der Waals surface area contributed by atoms with E-state index in [1.54, 1.807) is 0 Å². The molecule has 6 heteroatoms. The van der Waals surface area contributed by atoms with Crippen molar-refractivity contribution >= 4 is 12.3 Å². The highest BCUT2D eigenvalue weighted by atomic mass is 16.5. The van der Waals surface area contributed by atoms with Gasteiger partial charge in [0.25, 0.3) is 0 Å². The molecule has 0 radical (unpaired) electrons. The van der Waals surface area contributed by atoms with Crippen LogP contribution in [0, 0.1) is 0 Å². The maximum absolute atomic E-state index is 11.0. The molecule has 0 amide bonds. The molecule has 1 aromatic carbocycles. The van der Waals surface area contributed by atoms with Crippen LogP contribution in [0.1, 0.15) is 28.4 Å². The standard InChI is InChI=1S/C12H15NO5/c1-17-10-3-7(6-14)8(4-11(10)18-2)9(13)5-12(15)16/h3-4,6,9H,5,13H2,1-2H3,(H,15,16). The van der Waals surface area contributed by atoms with E-state index in [-0.39, 0.29) is 6.42 Å². The van der Waals surface area contributed by atoms with Gasteiger partial charge in [-0.25, -0.2) is 0 Å². The van der Waals surface area contributed by atoms with Crippen molar-refractivity contribution in [2.24, 2.45) is 5.73 Å². The monoisotopic (exact) mass is 253 g/mol. The molecule has 98 valence electrons. The Morgan fingerprint density at radius 2 is 1.94 bits per heavy atom. The highest BCUT2D eigenvalue weighted by Gasteiger charge is 2.18. The number of ether oxygens (including phenoxy) is 2. The molecule has 0 bridgehead atoms. The number of aliphatic carboxylic acids is 1. The largest absolute Gasteiger partial charge is 0.493 e. The number of hydrogen-bond donors (Lipinski definition) is 2. The fraction of sp³-hybridized carbons (Fsp3) is 0.333. The minimum atomic E-state index is -1.03. The van der Waals surface area contributed by atoms with Crippen LogP contribution in [0.3, 0.4) is 0 Å². The molecular weight excluding hydrogens is 238 g/mol. The highest BCUT2D eigenvalue weighted by Crippen LogP contribution is 2.32. The number of carbonyl (C=O) groups is 2. The predicted molar refractivity (Wildman–Crippen MR) is 64.1 cm³/mol. The first-order valence-corrected chi connectivity index (χ1v) is 5.22. The zero-order valence-electron chi connectivity index (χ0n) is 10.2. The molecule has 0 aliphatic carbocycles. The van der Waals surface area contributed by atoms with Crippen molar-refractivity contribution in [3.8, 4) is 11.5 Å². The number of methoxy groups -OCH3 is 2. The summed E-state index contributed by atoms with van der Waals surface area (Å²) in [5, 5.41) is 8.71. The Kier molecular flexibility index (Phi) is 4.67. The molecule has 1 rings (SSSR count). The highest BCUT2D eigenvalue weighted by molar-refractivity contribution is 5.80. The smallest absolute Gasteiger partial charge is 0.305 e. The Morgan fingerprint density at radius 1 is 1.39 bits per heavy atom. The fourth-order valence-corrected chi connectivity index (χ4v) is 1.63. The summed E-state index contributed by atoms with van der Waals surface area (Å²) in [7, 11) is 2.90. The number of rotatable bonds is 6. The van der Waals surface area contributed by atoms with E-state index < -0.39 is 12.0 Å². The van der Waals surface area contributed by atoms with Gasteiger partial charge in [-0.3, -0.25) is 9.59 Å². The van der Waals surface area contributed by atoms with E-state index in [2.05, 4.69) is 0 Å². The van der Waals surface area contributed by atoms with E-state index in [0.29, 0.717) is 28.9 Å². The van der Waals surface area contributed by atoms with Crippen LogP contribution in [0.2, 0.25) is 0 Å². The van der Waals surface area contributed by atoms with Crippen LogP contribution < -0.4 is 15.2 Å². The molecule has 1 aromatic rings. The number of hydrogen-bond acceptors (Lipinski definition) is 5. The quantitative estimate of drug-likeness (QED) is 0.733. The Morgan fingerprint density at radius 3 is 2.39 bits per heavy atom. The fourth-order valence-electron chi connectivity index (χ4n) is 1.63. The Labute approximate surface area is 104 Å². The SMILES string of the molecule is COc1cc(C=O)c(C(N)CC(=O)O)cc1OC. The van der Waals surface area contributed by atoms with Crippen LogP contribution >= 0.6 is 0 Å². The van der Waals surface area contributed by atoms with Gasteiger partial charge in [0.1, 0.15) is 0 Å². The number of carboxylic acid groups (broad SMARTS) is 1. The summed E-state index contributed by atoms with van der Waals surface area (Å²) in [6, 6.07) is 2.22. The first kappa shape index (κ1) is 14.0. The van der Waals surface area contributed by atoms with Crippen molar-refractivity contribution in [3.63, 3.8) is 0 Å². The molecule has 0 heterocycles. The lowest BCUT2D eigenvalue weighted by atomic mass is 9.98. The Hall–Kier alpha value is -2.08. The average molecular weight is 253 g/mol. The molecule has 0 fully saturated rings. The van der Waals surface area contributed by atoms with Crippen LogP contribution in [-0.2, 0) is 4.79 Å². The minimum Gasteiger partial charge on any atom is -0.493 e. The van der Waals surface area contributed by atoms with E-state index in [4.69, 9.17) is 20.3 Å². The van der Waals surface area contributed by atoms with E-state index in [9.17, 15) is 9.59 Å². The van der Waals surface area contributed by atoms with Crippen molar-refractivity contribution in [1.82, 2.24) is 0 Å². The Bertz CT molecular complexity index is 458. The second-order valence-corrected chi connectivity index (χ2v) is 3.66. The molecule has 1 unspecified atom stereocenters. The van der Waals surface area contributed by atoms with Crippen molar-refractivity contribution in [2.45, 2.75) is 12.5 Å². The summed E-state index contributed by atoms with van der Waals surface area (Å²) in [5.74, 6) is -0.237. The minimum absolute atomic E-state index is 0.268. The van der Waals surface area contributed by atoms with Gasteiger partial charge in [-0.05, 0) is 17.7 Å². The summed E-state index contributed by atoms with van der Waals surface area (Å²) in [5.41, 5.74) is 6.47. The second-order valence-electron chi connectivity index (χ2n) is 3.66. The number of benzene rings is 1. The molecular formula is C12H15NO5. The summed E-state index contributed by atoms with van der Waals surface area (Å²) >= 11 is 0. The predicted octanol–water partition coefficient (Wildman–Crippen LogP) is 0.991. The van der Waals surface area contributed by atoms with Gasteiger partial charge in [-0.15, -0.1) is 0 Å². The van der Waals surface area contributed by atoms with Gasteiger partial charge in [0.2, 0.25) is 0 Å². The molecule has 0 aromatic heterocycles. The summed E-state index contributed by atoms with van der Waals surface area (Å²) in [6.07, 6.45) is 0.343. The summed E-state index contributed by atoms with van der Waals surface area (Å²) < 4.78 is 10.1. The Balaban J connectivity index is 3.24. The molecule has 0 aliphatic rings. The zero-order chi connectivity index (χ0) is 13.7. The molecule has 3 N–H and O–H groups in total. The lowest BCUT2D eigenvalue weighted by Gasteiger charge is -2.15. The molecule has 0 spiro atoms. The molecule has 18 heavy (non-hydrogen) atoms. The van der Waals surface area contributed by atoms with Crippen molar-refractivity contribution in [2.75, 3.05) is 14.2 Å². The number of carboxylic acids is 1. The number of aldehydes is 1. The third kappa shape index (κ3) is 2.98. The third-order valence-corrected chi connectivity index (χ3v) is 2.51. The molecule has 0 aliphatic heterocycles. The summed E-state index contributed by atoms with van der Waals surface area (Å²) in [6.45, 7) is 0. The topological polar surface area (TPSA) is 98.9 Å². The van der Waals surface area contributed by atoms with Gasteiger partial charge in [0.05, 0.1) is 20.6 Å². The lowest BCUT2D eigenvalue weighted by Crippen LogP contribution is -2.17. The average Bonchev–Trinajstić information content (AvgIpc) is 2.36. The van der Waals surface area contributed by atoms with E-state index in [1.165, 1.54) is 26.4 Å². The van der Waals surface area contributed by atoms with E-state index in [1.807, 2.05) is 0 Å². The molecule has 1 atom stereocenters. The maximum Gasteiger partial charge on any atom is 0.305 e. The maximum atomic E-state index is 11.0. The first-order chi connectivity index (χ1) is 8.53. The van der Waals surface area contributed by atoms with Gasteiger partial charge < -0.3 is 20.3 Å². The van der Waals surface area contributed by atoms with Crippen molar-refractivity contribution in [1.29, 1.82) is 0 Å². The normalized spacial score (nSPS) is 11.7. The van der Waals surface area contributed by atoms with E-state index in [0.717, 1.165) is 0 Å². The van der Waals surface area contributed by atoms with Gasteiger partial charge in [0.15, 0.2) is 17.8 Å². The number of nitrogens with two attached hydrogens (primary N) is 1. The van der Waals surface area contributed by atoms with Gasteiger partial charge in [-0.2, -0.15) is 0 Å². The van der Waals surface area contributed by atoms with E-state index >= 15 is 0 Å². The molecule has 0 saturated heterocycles. The molecule has 6 nitrogen and oxygen atoms in total. The van der Waals surface area contributed by atoms with Crippen LogP contribution in [-0.4, -0.2) is 31.6 Å².